The molecule has 0 aromatic rings. The molecular weight excluding hydrogens is 280 g/mol. The molecule has 0 N–H and O–H groups in total. The molecule has 0 saturated heterocycles. The van der Waals surface area contributed by atoms with E-state index in [-0.39, 0.29) is 6.10 Å². The smallest absolute Gasteiger partial charge is 0.374 e. The van der Waals surface area contributed by atoms with Gasteiger partial charge in [0.1, 0.15) is 0 Å². The quantitative estimate of drug-likeness (QED) is 0.408. The zero-order valence-electron chi connectivity index (χ0n) is 14.0. The summed E-state index contributed by atoms with van der Waals surface area (Å²) in [5, 5.41) is 0. The molecule has 0 aromatic carbocycles. The molecule has 0 aromatic heterocycles. The van der Waals surface area contributed by atoms with Crippen LogP contribution in [0.3, 0.4) is 0 Å². The van der Waals surface area contributed by atoms with Crippen molar-refractivity contribution < 1.29 is 13.3 Å². The zero-order valence-corrected chi connectivity index (χ0v) is 15.0. The van der Waals surface area contributed by atoms with Gasteiger partial charge in [0.05, 0.1) is 6.10 Å². The average Bonchev–Trinajstić information content (AvgIpc) is 2.92. The summed E-state index contributed by atoms with van der Waals surface area (Å²) >= 11 is 0. The van der Waals surface area contributed by atoms with Crippen molar-refractivity contribution >= 4 is 8.80 Å². The molecule has 0 amide bonds. The first-order valence-corrected chi connectivity index (χ1v) is 10.3. The van der Waals surface area contributed by atoms with Crippen molar-refractivity contribution in [1.82, 2.24) is 0 Å². The van der Waals surface area contributed by atoms with Gasteiger partial charge in [0, 0.05) is 19.3 Å². The third kappa shape index (κ3) is 6.91. The van der Waals surface area contributed by atoms with E-state index in [0.29, 0.717) is 13.2 Å². The second-order valence-corrected chi connectivity index (χ2v) is 8.27. The van der Waals surface area contributed by atoms with Crippen LogP contribution in [0, 0.1) is 5.92 Å². The van der Waals surface area contributed by atoms with Gasteiger partial charge in [-0.3, -0.25) is 0 Å². The van der Waals surface area contributed by atoms with Gasteiger partial charge in [-0.2, -0.15) is 0 Å². The molecule has 0 radical (unpaired) electrons. The van der Waals surface area contributed by atoms with Crippen LogP contribution in [0.1, 0.15) is 52.9 Å². The van der Waals surface area contributed by atoms with E-state index >= 15 is 0 Å². The molecule has 1 saturated carbocycles. The second kappa shape index (κ2) is 10.3. The van der Waals surface area contributed by atoms with Crippen molar-refractivity contribution in [3.63, 3.8) is 0 Å². The van der Waals surface area contributed by atoms with Gasteiger partial charge < -0.3 is 13.3 Å². The third-order valence-electron chi connectivity index (χ3n) is 3.78. The lowest BCUT2D eigenvalue weighted by atomic mass is 10.1. The van der Waals surface area contributed by atoms with Crippen molar-refractivity contribution in [2.75, 3.05) is 13.2 Å². The molecule has 4 heteroatoms. The maximum absolute atomic E-state index is 6.20. The first-order chi connectivity index (χ1) is 10.2. The van der Waals surface area contributed by atoms with E-state index in [1.807, 2.05) is 19.9 Å². The molecular formula is C17H32O3Si. The molecule has 3 nitrogen and oxygen atoms in total. The van der Waals surface area contributed by atoms with Crippen LogP contribution >= 0.6 is 0 Å². The van der Waals surface area contributed by atoms with Gasteiger partial charge >= 0.3 is 8.80 Å². The molecule has 1 unspecified atom stereocenters. The zero-order chi connectivity index (χ0) is 15.6. The second-order valence-electron chi connectivity index (χ2n) is 5.68. The Hall–Kier alpha value is -0.423. The Morgan fingerprint density at radius 3 is 2.33 bits per heavy atom. The van der Waals surface area contributed by atoms with Crippen molar-refractivity contribution in [1.29, 1.82) is 0 Å². The maximum atomic E-state index is 6.20. The molecule has 0 heterocycles. The van der Waals surface area contributed by atoms with Crippen LogP contribution in [-0.4, -0.2) is 28.1 Å². The average molecular weight is 313 g/mol. The van der Waals surface area contributed by atoms with Crippen LogP contribution in [0.2, 0.25) is 6.04 Å². The van der Waals surface area contributed by atoms with Crippen molar-refractivity contribution in [3.05, 3.63) is 24.8 Å². The van der Waals surface area contributed by atoms with Crippen LogP contribution in [0.15, 0.2) is 24.8 Å². The first-order valence-electron chi connectivity index (χ1n) is 8.39. The fourth-order valence-corrected chi connectivity index (χ4v) is 5.42. The molecule has 1 atom stereocenters. The Kier molecular flexibility index (Phi) is 9.16. The molecule has 1 aliphatic carbocycles. The Labute approximate surface area is 131 Å². The topological polar surface area (TPSA) is 27.7 Å². The highest BCUT2D eigenvalue weighted by atomic mass is 28.4. The summed E-state index contributed by atoms with van der Waals surface area (Å²) in [4.78, 5) is 0. The highest BCUT2D eigenvalue weighted by molar-refractivity contribution is 6.61. The van der Waals surface area contributed by atoms with Gasteiger partial charge in [-0.1, -0.05) is 31.1 Å². The van der Waals surface area contributed by atoms with Gasteiger partial charge in [0.25, 0.3) is 0 Å². The van der Waals surface area contributed by atoms with Gasteiger partial charge in [-0.15, -0.1) is 6.58 Å². The summed E-state index contributed by atoms with van der Waals surface area (Å²) in [5.41, 5.74) is 0. The van der Waals surface area contributed by atoms with E-state index in [1.54, 1.807) is 0 Å². The fraction of sp³-hybridized carbons (Fsp3) is 0.765. The first kappa shape index (κ1) is 18.6. The molecule has 0 bridgehead atoms. The summed E-state index contributed by atoms with van der Waals surface area (Å²) in [5.74, 6) is 0.741. The van der Waals surface area contributed by atoms with Gasteiger partial charge in [-0.25, -0.2) is 0 Å². The summed E-state index contributed by atoms with van der Waals surface area (Å²) in [6, 6.07) is 0.770. The largest absolute Gasteiger partial charge is 0.505 e. The molecule has 1 rings (SSSR count). The minimum atomic E-state index is -2.60. The van der Waals surface area contributed by atoms with Gasteiger partial charge in [-0.05, 0) is 46.0 Å². The molecule has 1 fully saturated rings. The van der Waals surface area contributed by atoms with E-state index in [2.05, 4.69) is 25.7 Å². The lowest BCUT2D eigenvalue weighted by Gasteiger charge is -2.30. The number of hydrogen-bond donors (Lipinski definition) is 0. The SMILES string of the molecule is C=CCC(C)O[Si](C/C=C/C1CCCC1)(OCC)OCC. The number of rotatable bonds is 11. The predicted molar refractivity (Wildman–Crippen MR) is 90.3 cm³/mol. The maximum Gasteiger partial charge on any atom is 0.505 e. The molecule has 122 valence electrons. The van der Waals surface area contributed by atoms with Crippen molar-refractivity contribution in [2.45, 2.75) is 65.0 Å². The summed E-state index contributed by atoms with van der Waals surface area (Å²) in [6.07, 6.45) is 12.7. The monoisotopic (exact) mass is 312 g/mol. The van der Waals surface area contributed by atoms with E-state index in [9.17, 15) is 0 Å². The minimum absolute atomic E-state index is 0.0900. The molecule has 21 heavy (non-hydrogen) atoms. The highest BCUT2D eigenvalue weighted by Crippen LogP contribution is 2.27. The number of hydrogen-bond acceptors (Lipinski definition) is 3. The van der Waals surface area contributed by atoms with Crippen molar-refractivity contribution in [3.8, 4) is 0 Å². The Balaban J connectivity index is 2.65. The van der Waals surface area contributed by atoms with Crippen molar-refractivity contribution in [2.24, 2.45) is 5.92 Å². The number of allylic oxidation sites excluding steroid dienone is 2. The van der Waals surface area contributed by atoms with Crippen LogP contribution in [-0.2, 0) is 13.3 Å². The summed E-state index contributed by atoms with van der Waals surface area (Å²) in [6.45, 7) is 11.1. The summed E-state index contributed by atoms with van der Waals surface area (Å²) < 4.78 is 18.1. The third-order valence-corrected chi connectivity index (χ3v) is 6.74. The van der Waals surface area contributed by atoms with E-state index in [4.69, 9.17) is 13.3 Å². The van der Waals surface area contributed by atoms with E-state index < -0.39 is 8.80 Å². The van der Waals surface area contributed by atoms with Crippen LogP contribution in [0.25, 0.3) is 0 Å². The Bertz CT molecular complexity index is 305. The van der Waals surface area contributed by atoms with Crippen LogP contribution < -0.4 is 0 Å². The molecule has 1 aliphatic rings. The molecule has 0 aliphatic heterocycles. The van der Waals surface area contributed by atoms with Crippen LogP contribution in [0.4, 0.5) is 0 Å². The lowest BCUT2D eigenvalue weighted by Crippen LogP contribution is -2.47. The normalized spacial score (nSPS) is 18.4. The van der Waals surface area contributed by atoms with Gasteiger partial charge in [0.15, 0.2) is 0 Å². The fourth-order valence-electron chi connectivity index (χ4n) is 2.86. The van der Waals surface area contributed by atoms with E-state index in [1.165, 1.54) is 25.7 Å². The Morgan fingerprint density at radius 1 is 1.19 bits per heavy atom. The summed E-state index contributed by atoms with van der Waals surface area (Å²) in [7, 11) is -2.60. The van der Waals surface area contributed by atoms with Crippen LogP contribution in [0.5, 0.6) is 0 Å². The molecule has 0 spiro atoms. The highest BCUT2D eigenvalue weighted by Gasteiger charge is 2.41. The van der Waals surface area contributed by atoms with E-state index in [0.717, 1.165) is 18.4 Å². The predicted octanol–water partition coefficient (Wildman–Crippen LogP) is 4.73. The minimum Gasteiger partial charge on any atom is -0.374 e. The lowest BCUT2D eigenvalue weighted by molar-refractivity contribution is 0.0419. The standard InChI is InChI=1S/C17H32O3Si/c1-5-11-16(4)20-21(18-6-2,19-7-3)15-10-14-17-12-8-9-13-17/h5,10,14,16-17H,1,6-9,11-13,15H2,2-4H3/b14-10+. The Morgan fingerprint density at radius 2 is 1.81 bits per heavy atom. The van der Waals surface area contributed by atoms with Gasteiger partial charge in [0.2, 0.25) is 0 Å².